The van der Waals surface area contributed by atoms with Gasteiger partial charge < -0.3 is 0 Å². The number of hydrogen-bond acceptors (Lipinski definition) is 4. The molecule has 1 unspecified atom stereocenters. The second kappa shape index (κ2) is 6.70. The monoisotopic (exact) mass is 353 g/mol. The summed E-state index contributed by atoms with van der Waals surface area (Å²) in [5.41, 5.74) is 3.40. The Bertz CT molecular complexity index is 1030. The van der Waals surface area contributed by atoms with E-state index in [4.69, 9.17) is 4.98 Å². The van der Waals surface area contributed by atoms with E-state index in [2.05, 4.69) is 15.2 Å². The van der Waals surface area contributed by atoms with Crippen molar-refractivity contribution in [1.29, 1.82) is 0 Å². The normalized spacial score (nSPS) is 12.7. The van der Waals surface area contributed by atoms with Crippen LogP contribution in [0.5, 0.6) is 0 Å². The second-order valence-electron chi connectivity index (χ2n) is 6.27. The maximum atomic E-state index is 12.8. The molecule has 134 valence electrons. The molecular weight excluding hydrogens is 333 g/mol. The molecule has 0 aromatic carbocycles. The van der Waals surface area contributed by atoms with Gasteiger partial charge in [0.15, 0.2) is 0 Å². The highest BCUT2D eigenvalue weighted by Gasteiger charge is 2.15. The first-order valence-corrected chi connectivity index (χ1v) is 8.63. The third-order valence-corrected chi connectivity index (χ3v) is 4.54. The van der Waals surface area contributed by atoms with Crippen LogP contribution < -0.4 is 0 Å². The van der Waals surface area contributed by atoms with E-state index in [1.807, 2.05) is 47.7 Å². The minimum absolute atomic E-state index is 0.0496. The van der Waals surface area contributed by atoms with Gasteiger partial charge in [-0.3, -0.25) is 18.2 Å². The number of halogens is 1. The molecular formula is C18H20FN7. The van der Waals surface area contributed by atoms with Gasteiger partial charge >= 0.3 is 0 Å². The molecule has 0 radical (unpaired) electrons. The van der Waals surface area contributed by atoms with Crippen molar-refractivity contribution >= 4 is 5.65 Å². The van der Waals surface area contributed by atoms with E-state index < -0.39 is 0 Å². The number of nitrogens with zero attached hydrogens (tertiary/aromatic N) is 7. The predicted octanol–water partition coefficient (Wildman–Crippen LogP) is 3.30. The lowest BCUT2D eigenvalue weighted by Gasteiger charge is -2.13. The molecule has 0 fully saturated rings. The van der Waals surface area contributed by atoms with Gasteiger partial charge in [0.25, 0.3) is 0 Å². The molecule has 0 bridgehead atoms. The van der Waals surface area contributed by atoms with Gasteiger partial charge in [-0.15, -0.1) is 0 Å². The molecule has 4 rings (SSSR count). The number of imidazole rings is 1. The zero-order valence-electron chi connectivity index (χ0n) is 14.7. The number of alkyl halides is 1. The van der Waals surface area contributed by atoms with E-state index in [0.717, 1.165) is 34.7 Å². The summed E-state index contributed by atoms with van der Waals surface area (Å²) in [6.07, 6.45) is 12.3. The zero-order chi connectivity index (χ0) is 18.1. The summed E-state index contributed by atoms with van der Waals surface area (Å²) >= 11 is 0. The first kappa shape index (κ1) is 16.4. The van der Waals surface area contributed by atoms with Crippen molar-refractivity contribution in [3.63, 3.8) is 0 Å². The van der Waals surface area contributed by atoms with Crippen LogP contribution in [-0.2, 0) is 7.05 Å². The molecule has 4 aromatic heterocycles. The first-order valence-electron chi connectivity index (χ1n) is 8.63. The number of aromatic nitrogens is 7. The van der Waals surface area contributed by atoms with E-state index in [-0.39, 0.29) is 12.7 Å². The second-order valence-corrected chi connectivity index (χ2v) is 6.27. The Morgan fingerprint density at radius 1 is 1.15 bits per heavy atom. The molecule has 0 aliphatic rings. The quantitative estimate of drug-likeness (QED) is 0.533. The third kappa shape index (κ3) is 2.87. The summed E-state index contributed by atoms with van der Waals surface area (Å²) in [5.74, 6) is 0.750. The molecule has 0 aliphatic heterocycles. The fourth-order valence-electron chi connectivity index (χ4n) is 3.13. The summed E-state index contributed by atoms with van der Waals surface area (Å²) < 4.78 is 18.3. The van der Waals surface area contributed by atoms with Gasteiger partial charge in [-0.1, -0.05) is 6.92 Å². The number of aryl methyl sites for hydroxylation is 1. The highest BCUT2D eigenvalue weighted by atomic mass is 19.1. The Balaban J connectivity index is 1.81. The highest BCUT2D eigenvalue weighted by Crippen LogP contribution is 2.26. The number of fused-ring (bicyclic) bond motifs is 1. The van der Waals surface area contributed by atoms with Crippen molar-refractivity contribution in [3.05, 3.63) is 43.2 Å². The summed E-state index contributed by atoms with van der Waals surface area (Å²) in [6.45, 7) is 1.69. The molecule has 0 amide bonds. The maximum Gasteiger partial charge on any atom is 0.149 e. The fraction of sp³-hybridized carbons (Fsp3) is 0.333. The van der Waals surface area contributed by atoms with Gasteiger partial charge in [0.05, 0.1) is 36.4 Å². The van der Waals surface area contributed by atoms with Gasteiger partial charge in [0.2, 0.25) is 0 Å². The SMILES string of the molecule is CCC(CCF)n1cc(-c2nc(-c3cnn(C)c3)cc3nccn23)cn1. The minimum Gasteiger partial charge on any atom is -0.284 e. The molecule has 4 heterocycles. The molecule has 8 heteroatoms. The largest absolute Gasteiger partial charge is 0.284 e. The molecule has 0 N–H and O–H groups in total. The van der Waals surface area contributed by atoms with Crippen molar-refractivity contribution < 1.29 is 4.39 Å². The van der Waals surface area contributed by atoms with Crippen LogP contribution in [0.1, 0.15) is 25.8 Å². The Morgan fingerprint density at radius 3 is 2.73 bits per heavy atom. The van der Waals surface area contributed by atoms with Crippen LogP contribution in [0.25, 0.3) is 28.3 Å². The molecule has 4 aromatic rings. The Labute approximate surface area is 150 Å². The molecule has 26 heavy (non-hydrogen) atoms. The molecule has 0 aliphatic carbocycles. The lowest BCUT2D eigenvalue weighted by molar-refractivity contribution is 0.352. The molecule has 0 saturated heterocycles. The summed E-state index contributed by atoms with van der Waals surface area (Å²) in [4.78, 5) is 9.22. The average Bonchev–Trinajstić information content (AvgIpc) is 3.38. The number of hydrogen-bond donors (Lipinski definition) is 0. The Kier molecular flexibility index (Phi) is 4.24. The van der Waals surface area contributed by atoms with E-state index in [9.17, 15) is 4.39 Å². The number of rotatable bonds is 6. The van der Waals surface area contributed by atoms with E-state index in [1.165, 1.54) is 0 Å². The van der Waals surface area contributed by atoms with Crippen molar-refractivity contribution in [1.82, 2.24) is 33.9 Å². The van der Waals surface area contributed by atoms with Crippen LogP contribution in [0.2, 0.25) is 0 Å². The molecule has 0 saturated carbocycles. The van der Waals surface area contributed by atoms with Crippen LogP contribution >= 0.6 is 0 Å². The van der Waals surface area contributed by atoms with Crippen LogP contribution in [0, 0.1) is 0 Å². The average molecular weight is 353 g/mol. The zero-order valence-corrected chi connectivity index (χ0v) is 14.7. The third-order valence-electron chi connectivity index (χ3n) is 4.54. The molecule has 0 spiro atoms. The predicted molar refractivity (Wildman–Crippen MR) is 96.3 cm³/mol. The van der Waals surface area contributed by atoms with Gasteiger partial charge in [0, 0.05) is 43.5 Å². The van der Waals surface area contributed by atoms with Crippen molar-refractivity contribution in [2.24, 2.45) is 7.05 Å². The first-order chi connectivity index (χ1) is 12.7. The lowest BCUT2D eigenvalue weighted by atomic mass is 10.2. The lowest BCUT2D eigenvalue weighted by Crippen LogP contribution is -2.09. The van der Waals surface area contributed by atoms with Gasteiger partial charge in [-0.25, -0.2) is 9.97 Å². The smallest absolute Gasteiger partial charge is 0.149 e. The summed E-state index contributed by atoms with van der Waals surface area (Å²) in [6, 6.07) is 1.98. The topological polar surface area (TPSA) is 65.8 Å². The van der Waals surface area contributed by atoms with Crippen LogP contribution in [0.3, 0.4) is 0 Å². The van der Waals surface area contributed by atoms with Gasteiger partial charge in [-0.2, -0.15) is 10.2 Å². The minimum atomic E-state index is -0.353. The summed E-state index contributed by atoms with van der Waals surface area (Å²) in [5, 5.41) is 8.66. The van der Waals surface area contributed by atoms with Crippen LogP contribution in [0.4, 0.5) is 4.39 Å². The fourth-order valence-corrected chi connectivity index (χ4v) is 3.13. The Morgan fingerprint density at radius 2 is 2.00 bits per heavy atom. The maximum absolute atomic E-state index is 12.8. The van der Waals surface area contributed by atoms with Crippen LogP contribution in [-0.4, -0.2) is 40.6 Å². The van der Waals surface area contributed by atoms with Crippen molar-refractivity contribution in [3.8, 4) is 22.6 Å². The van der Waals surface area contributed by atoms with Gasteiger partial charge in [0.1, 0.15) is 11.5 Å². The van der Waals surface area contributed by atoms with E-state index in [1.54, 1.807) is 23.3 Å². The van der Waals surface area contributed by atoms with E-state index in [0.29, 0.717) is 6.42 Å². The summed E-state index contributed by atoms with van der Waals surface area (Å²) in [7, 11) is 1.87. The molecule has 7 nitrogen and oxygen atoms in total. The highest BCUT2D eigenvalue weighted by molar-refractivity contribution is 5.68. The Hall–Kier alpha value is -3.03. The molecule has 1 atom stereocenters. The van der Waals surface area contributed by atoms with Crippen molar-refractivity contribution in [2.45, 2.75) is 25.8 Å². The van der Waals surface area contributed by atoms with Crippen molar-refractivity contribution in [2.75, 3.05) is 6.67 Å². The van der Waals surface area contributed by atoms with Crippen LogP contribution in [0.15, 0.2) is 43.2 Å². The van der Waals surface area contributed by atoms with E-state index >= 15 is 0 Å². The standard InChI is InChI=1S/C18H20FN7/c1-3-15(4-5-19)26-12-14(10-22-26)18-23-16(13-9-21-24(2)11-13)8-17-20-6-7-25(17)18/h6-12,15H,3-5H2,1-2H3. The van der Waals surface area contributed by atoms with Gasteiger partial charge in [-0.05, 0) is 12.8 Å².